The summed E-state index contributed by atoms with van der Waals surface area (Å²) in [7, 11) is 0. The summed E-state index contributed by atoms with van der Waals surface area (Å²) in [5.41, 5.74) is 3.83. The van der Waals surface area contributed by atoms with E-state index in [1.165, 1.54) is 16.0 Å². The van der Waals surface area contributed by atoms with Gasteiger partial charge in [0.05, 0.1) is 11.1 Å². The molecule has 0 spiro atoms. The second kappa shape index (κ2) is 7.89. The quantitative estimate of drug-likeness (QED) is 0.580. The predicted molar refractivity (Wildman–Crippen MR) is 107 cm³/mol. The van der Waals surface area contributed by atoms with Crippen molar-refractivity contribution in [2.75, 3.05) is 26.2 Å². The summed E-state index contributed by atoms with van der Waals surface area (Å²) in [5.74, 6) is -0.298. The lowest BCUT2D eigenvalue weighted by atomic mass is 9.99. The summed E-state index contributed by atoms with van der Waals surface area (Å²) in [6.45, 7) is 3.54. The van der Waals surface area contributed by atoms with Crippen molar-refractivity contribution in [1.82, 2.24) is 9.80 Å². The molecule has 0 aromatic heterocycles. The molecule has 0 unspecified atom stereocenters. The smallest absolute Gasteiger partial charge is 0.261 e. The zero-order valence-electron chi connectivity index (χ0n) is 15.4. The van der Waals surface area contributed by atoms with Crippen molar-refractivity contribution in [1.29, 1.82) is 0 Å². The van der Waals surface area contributed by atoms with E-state index in [2.05, 4.69) is 35.2 Å². The number of benzene rings is 2. The van der Waals surface area contributed by atoms with E-state index in [1.54, 1.807) is 24.3 Å². The first-order chi connectivity index (χ1) is 13.2. The van der Waals surface area contributed by atoms with Crippen molar-refractivity contribution in [3.63, 3.8) is 0 Å². The average molecular weight is 360 g/mol. The predicted octanol–water partition coefficient (Wildman–Crippen LogP) is 3.85. The van der Waals surface area contributed by atoms with Crippen LogP contribution in [0.15, 0.2) is 60.7 Å². The molecule has 2 heterocycles. The van der Waals surface area contributed by atoms with E-state index in [4.69, 9.17) is 0 Å². The third-order valence-electron chi connectivity index (χ3n) is 5.42. The molecule has 27 heavy (non-hydrogen) atoms. The highest BCUT2D eigenvalue weighted by atomic mass is 16.2. The van der Waals surface area contributed by atoms with Crippen LogP contribution in [-0.4, -0.2) is 47.8 Å². The molecule has 0 bridgehead atoms. The monoisotopic (exact) mass is 360 g/mol. The SMILES string of the molecule is O=C1c2ccccc2C(=O)N1CCCCN1CC=C(c2ccccc2)CC1. The zero-order chi connectivity index (χ0) is 18.6. The first-order valence-electron chi connectivity index (χ1n) is 9.66. The molecule has 0 fully saturated rings. The number of imide groups is 1. The van der Waals surface area contributed by atoms with Gasteiger partial charge in [-0.1, -0.05) is 48.5 Å². The summed E-state index contributed by atoms with van der Waals surface area (Å²) in [5, 5.41) is 0. The highest BCUT2D eigenvalue weighted by molar-refractivity contribution is 6.21. The molecule has 4 heteroatoms. The highest BCUT2D eigenvalue weighted by Crippen LogP contribution is 2.24. The number of fused-ring (bicyclic) bond motifs is 1. The van der Waals surface area contributed by atoms with Gasteiger partial charge in [0.1, 0.15) is 0 Å². The largest absolute Gasteiger partial charge is 0.299 e. The van der Waals surface area contributed by atoms with Crippen LogP contribution in [0.3, 0.4) is 0 Å². The second-order valence-electron chi connectivity index (χ2n) is 7.16. The Hall–Kier alpha value is -2.72. The van der Waals surface area contributed by atoms with Crippen molar-refractivity contribution in [3.8, 4) is 0 Å². The van der Waals surface area contributed by atoms with Gasteiger partial charge in [0.25, 0.3) is 11.8 Å². The fraction of sp³-hybridized carbons (Fsp3) is 0.304. The van der Waals surface area contributed by atoms with Crippen LogP contribution in [0.1, 0.15) is 45.5 Å². The molecule has 2 aliphatic heterocycles. The molecule has 0 saturated heterocycles. The summed E-state index contributed by atoms with van der Waals surface area (Å²) < 4.78 is 0. The van der Waals surface area contributed by atoms with Gasteiger partial charge in [-0.25, -0.2) is 0 Å². The van der Waals surface area contributed by atoms with Gasteiger partial charge in [-0.05, 0) is 49.1 Å². The second-order valence-corrected chi connectivity index (χ2v) is 7.16. The molecule has 2 aromatic rings. The minimum Gasteiger partial charge on any atom is -0.299 e. The van der Waals surface area contributed by atoms with Crippen molar-refractivity contribution < 1.29 is 9.59 Å². The zero-order valence-corrected chi connectivity index (χ0v) is 15.4. The molecule has 0 atom stereocenters. The Morgan fingerprint density at radius 3 is 2.04 bits per heavy atom. The summed E-state index contributed by atoms with van der Waals surface area (Å²) in [6, 6.07) is 17.6. The highest BCUT2D eigenvalue weighted by Gasteiger charge is 2.34. The van der Waals surface area contributed by atoms with Crippen LogP contribution in [0.2, 0.25) is 0 Å². The Morgan fingerprint density at radius 2 is 1.41 bits per heavy atom. The Labute approximate surface area is 160 Å². The first-order valence-corrected chi connectivity index (χ1v) is 9.66. The molecule has 0 saturated carbocycles. The summed E-state index contributed by atoms with van der Waals surface area (Å²) in [6.07, 6.45) is 5.23. The topological polar surface area (TPSA) is 40.6 Å². The number of nitrogens with zero attached hydrogens (tertiary/aromatic N) is 2. The van der Waals surface area contributed by atoms with Gasteiger partial charge >= 0.3 is 0 Å². The van der Waals surface area contributed by atoms with Gasteiger partial charge in [0.15, 0.2) is 0 Å². The molecule has 0 N–H and O–H groups in total. The maximum atomic E-state index is 12.4. The minimum atomic E-state index is -0.149. The van der Waals surface area contributed by atoms with E-state index in [-0.39, 0.29) is 11.8 Å². The van der Waals surface area contributed by atoms with Gasteiger partial charge in [-0.2, -0.15) is 0 Å². The number of rotatable bonds is 6. The Balaban J connectivity index is 1.23. The Kier molecular flexibility index (Phi) is 5.16. The van der Waals surface area contributed by atoms with Crippen LogP contribution in [-0.2, 0) is 0 Å². The van der Waals surface area contributed by atoms with E-state index in [0.29, 0.717) is 17.7 Å². The Morgan fingerprint density at radius 1 is 0.778 bits per heavy atom. The molecule has 2 aromatic carbocycles. The number of amides is 2. The third-order valence-corrected chi connectivity index (χ3v) is 5.42. The van der Waals surface area contributed by atoms with Crippen molar-refractivity contribution in [2.24, 2.45) is 0 Å². The van der Waals surface area contributed by atoms with E-state index < -0.39 is 0 Å². The Bertz CT molecular complexity index is 838. The minimum absolute atomic E-state index is 0.149. The summed E-state index contributed by atoms with van der Waals surface area (Å²) in [4.78, 5) is 28.6. The average Bonchev–Trinajstić information content (AvgIpc) is 2.97. The van der Waals surface area contributed by atoms with Crippen LogP contribution < -0.4 is 0 Å². The van der Waals surface area contributed by atoms with Crippen LogP contribution in [0.5, 0.6) is 0 Å². The van der Waals surface area contributed by atoms with Crippen LogP contribution in [0.4, 0.5) is 0 Å². The van der Waals surface area contributed by atoms with Gasteiger partial charge in [-0.3, -0.25) is 19.4 Å². The molecule has 4 nitrogen and oxygen atoms in total. The number of unbranched alkanes of at least 4 members (excludes halogenated alkanes) is 1. The lowest BCUT2D eigenvalue weighted by Crippen LogP contribution is -2.32. The lowest BCUT2D eigenvalue weighted by Gasteiger charge is -2.26. The molecule has 138 valence electrons. The number of hydrogen-bond acceptors (Lipinski definition) is 3. The first kappa shape index (κ1) is 17.7. The van der Waals surface area contributed by atoms with Crippen molar-refractivity contribution in [2.45, 2.75) is 19.3 Å². The van der Waals surface area contributed by atoms with Crippen LogP contribution in [0.25, 0.3) is 5.57 Å². The molecular weight excluding hydrogens is 336 g/mol. The van der Waals surface area contributed by atoms with Gasteiger partial charge < -0.3 is 0 Å². The van der Waals surface area contributed by atoms with Gasteiger partial charge in [0.2, 0.25) is 0 Å². The standard InChI is InChI=1S/C23H24N2O2/c26-22-20-10-4-5-11-21(20)23(27)25(22)15-7-6-14-24-16-12-19(13-17-24)18-8-2-1-3-9-18/h1-5,8-12H,6-7,13-17H2. The molecular formula is C23H24N2O2. The van der Waals surface area contributed by atoms with Crippen LogP contribution >= 0.6 is 0 Å². The van der Waals surface area contributed by atoms with Crippen molar-refractivity contribution in [3.05, 3.63) is 77.4 Å². The maximum absolute atomic E-state index is 12.4. The fourth-order valence-electron chi connectivity index (χ4n) is 3.88. The number of carbonyl (C=O) groups excluding carboxylic acids is 2. The third kappa shape index (κ3) is 3.71. The number of carbonyl (C=O) groups is 2. The molecule has 4 rings (SSSR count). The molecule has 2 aliphatic rings. The van der Waals surface area contributed by atoms with Crippen molar-refractivity contribution >= 4 is 17.4 Å². The lowest BCUT2D eigenvalue weighted by molar-refractivity contribution is 0.0650. The fourth-order valence-corrected chi connectivity index (χ4v) is 3.88. The normalized spacial score (nSPS) is 17.2. The summed E-state index contributed by atoms with van der Waals surface area (Å²) >= 11 is 0. The number of hydrogen-bond donors (Lipinski definition) is 0. The molecule has 0 aliphatic carbocycles. The molecule has 0 radical (unpaired) electrons. The van der Waals surface area contributed by atoms with Crippen LogP contribution in [0, 0.1) is 0 Å². The van der Waals surface area contributed by atoms with E-state index in [1.807, 2.05) is 6.07 Å². The van der Waals surface area contributed by atoms with E-state index in [0.717, 1.165) is 38.9 Å². The van der Waals surface area contributed by atoms with E-state index >= 15 is 0 Å². The van der Waals surface area contributed by atoms with Gasteiger partial charge in [-0.15, -0.1) is 0 Å². The van der Waals surface area contributed by atoms with Gasteiger partial charge in [0, 0.05) is 19.6 Å². The maximum Gasteiger partial charge on any atom is 0.261 e. The van der Waals surface area contributed by atoms with E-state index in [9.17, 15) is 9.59 Å². The molecule has 2 amide bonds.